The molecule has 0 atom stereocenters. The molecule has 0 radical (unpaired) electrons. The fourth-order valence-electron chi connectivity index (χ4n) is 3.10. The second-order valence-electron chi connectivity index (χ2n) is 6.60. The van der Waals surface area contributed by atoms with Crippen molar-refractivity contribution in [2.24, 2.45) is 0 Å². The monoisotopic (exact) mass is 455 g/mol. The van der Waals surface area contributed by atoms with E-state index in [2.05, 4.69) is 14.7 Å². The molecule has 0 spiro atoms. The summed E-state index contributed by atoms with van der Waals surface area (Å²) in [4.78, 5) is 8.35. The van der Waals surface area contributed by atoms with Gasteiger partial charge in [-0.05, 0) is 40.6 Å². The number of rotatable bonds is 7. The second-order valence-corrected chi connectivity index (χ2v) is 8.71. The molecule has 0 bridgehead atoms. The molecule has 31 heavy (non-hydrogen) atoms. The van der Waals surface area contributed by atoms with Crippen molar-refractivity contribution in [2.45, 2.75) is 4.90 Å². The zero-order valence-electron chi connectivity index (χ0n) is 16.2. The minimum Gasteiger partial charge on any atom is -0.475 e. The van der Waals surface area contributed by atoms with Crippen LogP contribution >= 0.6 is 11.6 Å². The molecule has 0 saturated heterocycles. The third-order valence-electron chi connectivity index (χ3n) is 4.54. The highest BCUT2D eigenvalue weighted by molar-refractivity contribution is 7.92. The smallest absolute Gasteiger partial charge is 0.263 e. The highest BCUT2D eigenvalue weighted by atomic mass is 35.5. The molecule has 4 aromatic rings. The lowest BCUT2D eigenvalue weighted by molar-refractivity contribution is 0.197. The van der Waals surface area contributed by atoms with Crippen LogP contribution in [0.1, 0.15) is 0 Å². The number of aliphatic hydroxyl groups is 1. The number of aromatic nitrogens is 2. The highest BCUT2D eigenvalue weighted by Crippen LogP contribution is 2.35. The number of nitrogens with zero attached hydrogens (tertiary/aromatic N) is 2. The van der Waals surface area contributed by atoms with Gasteiger partial charge in [-0.25, -0.2) is 18.4 Å². The van der Waals surface area contributed by atoms with Gasteiger partial charge in [-0.1, -0.05) is 54.1 Å². The van der Waals surface area contributed by atoms with E-state index in [9.17, 15) is 8.42 Å². The standard InChI is InChI=1S/C22H18ClN3O4S/c23-18-8-5-16(6-9-18)20-21(24-14-25-22(20)30-12-11-27)26-31(28,29)19-10-7-15-3-1-2-4-17(15)13-19/h1-10,13-14,27H,11-12H2,(H,24,25,26). The Hall–Kier alpha value is -3.20. The summed E-state index contributed by atoms with van der Waals surface area (Å²) in [5.74, 6) is 0.195. The lowest BCUT2D eigenvalue weighted by Crippen LogP contribution is -2.16. The SMILES string of the molecule is O=S(=O)(Nc1ncnc(OCCO)c1-c1ccc(Cl)cc1)c1ccc2ccccc2c1. The van der Waals surface area contributed by atoms with Crippen LogP contribution in [0.4, 0.5) is 5.82 Å². The molecule has 158 valence electrons. The molecule has 0 aliphatic heterocycles. The largest absolute Gasteiger partial charge is 0.475 e. The zero-order chi connectivity index (χ0) is 21.8. The van der Waals surface area contributed by atoms with E-state index >= 15 is 0 Å². The van der Waals surface area contributed by atoms with E-state index in [4.69, 9.17) is 21.4 Å². The minimum atomic E-state index is -3.95. The predicted molar refractivity (Wildman–Crippen MR) is 120 cm³/mol. The molecule has 0 aliphatic carbocycles. The summed E-state index contributed by atoms with van der Waals surface area (Å²) >= 11 is 5.99. The third kappa shape index (κ3) is 4.61. The molecular formula is C22H18ClN3O4S. The average molecular weight is 456 g/mol. The number of halogens is 1. The molecule has 0 fully saturated rings. The Morgan fingerprint density at radius 3 is 2.45 bits per heavy atom. The summed E-state index contributed by atoms with van der Waals surface area (Å²) in [6.07, 6.45) is 1.20. The fourth-order valence-corrected chi connectivity index (χ4v) is 4.28. The first-order valence-corrected chi connectivity index (χ1v) is 11.2. The number of fused-ring (bicyclic) bond motifs is 1. The van der Waals surface area contributed by atoms with E-state index in [0.717, 1.165) is 10.8 Å². The molecule has 0 unspecified atom stereocenters. The van der Waals surface area contributed by atoms with Crippen LogP contribution in [0.25, 0.3) is 21.9 Å². The van der Waals surface area contributed by atoms with Gasteiger partial charge in [0.05, 0.1) is 17.1 Å². The lowest BCUT2D eigenvalue weighted by atomic mass is 10.1. The summed E-state index contributed by atoms with van der Waals surface area (Å²) in [5, 5.41) is 11.4. The van der Waals surface area contributed by atoms with Gasteiger partial charge in [-0.3, -0.25) is 4.72 Å². The molecule has 7 nitrogen and oxygen atoms in total. The van der Waals surface area contributed by atoms with Gasteiger partial charge in [0.15, 0.2) is 5.82 Å². The van der Waals surface area contributed by atoms with E-state index in [1.54, 1.807) is 36.4 Å². The van der Waals surface area contributed by atoms with Crippen molar-refractivity contribution in [1.29, 1.82) is 0 Å². The van der Waals surface area contributed by atoms with Crippen molar-refractivity contribution < 1.29 is 18.3 Å². The van der Waals surface area contributed by atoms with Gasteiger partial charge < -0.3 is 9.84 Å². The van der Waals surface area contributed by atoms with Crippen LogP contribution in [0, 0.1) is 0 Å². The highest BCUT2D eigenvalue weighted by Gasteiger charge is 2.21. The molecule has 9 heteroatoms. The van der Waals surface area contributed by atoms with E-state index in [-0.39, 0.29) is 29.8 Å². The average Bonchev–Trinajstić information content (AvgIpc) is 2.78. The Balaban J connectivity index is 1.78. The maximum absolute atomic E-state index is 13.1. The normalized spacial score (nSPS) is 11.4. The lowest BCUT2D eigenvalue weighted by Gasteiger charge is -2.15. The predicted octanol–water partition coefficient (Wildman–Crippen LogP) is 4.12. The third-order valence-corrected chi connectivity index (χ3v) is 6.13. The first-order valence-electron chi connectivity index (χ1n) is 9.34. The molecule has 1 aromatic heterocycles. The molecule has 3 aromatic carbocycles. The number of benzene rings is 3. The molecule has 1 heterocycles. The van der Waals surface area contributed by atoms with Gasteiger partial charge in [0.25, 0.3) is 10.0 Å². The number of hydrogen-bond acceptors (Lipinski definition) is 6. The summed E-state index contributed by atoms with van der Waals surface area (Å²) in [5.41, 5.74) is 0.950. The quantitative estimate of drug-likeness (QED) is 0.434. The topological polar surface area (TPSA) is 101 Å². The van der Waals surface area contributed by atoms with Crippen LogP contribution < -0.4 is 9.46 Å². The van der Waals surface area contributed by atoms with E-state index in [1.807, 2.05) is 24.3 Å². The maximum Gasteiger partial charge on any atom is 0.263 e. The Bertz CT molecular complexity index is 1330. The van der Waals surface area contributed by atoms with E-state index in [1.165, 1.54) is 12.4 Å². The van der Waals surface area contributed by atoms with Crippen LogP contribution in [-0.2, 0) is 10.0 Å². The summed E-state index contributed by atoms with van der Waals surface area (Å²) in [6, 6.07) is 19.1. The first kappa shape index (κ1) is 21.0. The van der Waals surface area contributed by atoms with Crippen LogP contribution in [0.3, 0.4) is 0 Å². The fraction of sp³-hybridized carbons (Fsp3) is 0.0909. The van der Waals surface area contributed by atoms with Crippen molar-refractivity contribution in [2.75, 3.05) is 17.9 Å². The van der Waals surface area contributed by atoms with Crippen molar-refractivity contribution in [1.82, 2.24) is 9.97 Å². The van der Waals surface area contributed by atoms with Crippen LogP contribution in [0.5, 0.6) is 5.88 Å². The molecule has 0 amide bonds. The van der Waals surface area contributed by atoms with Crippen molar-refractivity contribution in [3.8, 4) is 17.0 Å². The van der Waals surface area contributed by atoms with Crippen molar-refractivity contribution >= 4 is 38.2 Å². The van der Waals surface area contributed by atoms with Gasteiger partial charge in [-0.2, -0.15) is 0 Å². The molecule has 2 N–H and O–H groups in total. The Kier molecular flexibility index (Phi) is 6.03. The van der Waals surface area contributed by atoms with Crippen LogP contribution in [-0.4, -0.2) is 36.7 Å². The zero-order valence-corrected chi connectivity index (χ0v) is 17.8. The van der Waals surface area contributed by atoms with Crippen molar-refractivity contribution in [3.63, 3.8) is 0 Å². The number of hydrogen-bond donors (Lipinski definition) is 2. The second kappa shape index (κ2) is 8.89. The Morgan fingerprint density at radius 1 is 0.968 bits per heavy atom. The van der Waals surface area contributed by atoms with E-state index in [0.29, 0.717) is 16.1 Å². The molecule has 0 saturated carbocycles. The number of nitrogens with one attached hydrogen (secondary N) is 1. The van der Waals surface area contributed by atoms with E-state index < -0.39 is 10.0 Å². The number of ether oxygens (including phenoxy) is 1. The van der Waals surface area contributed by atoms with Gasteiger partial charge in [-0.15, -0.1) is 0 Å². The number of sulfonamides is 1. The Labute approximate surface area is 184 Å². The van der Waals surface area contributed by atoms with Crippen LogP contribution in [0.2, 0.25) is 5.02 Å². The summed E-state index contributed by atoms with van der Waals surface area (Å²) in [7, 11) is -3.95. The van der Waals surface area contributed by atoms with Gasteiger partial charge in [0, 0.05) is 5.02 Å². The molecule has 4 rings (SSSR count). The summed E-state index contributed by atoms with van der Waals surface area (Å²) < 4.78 is 34.3. The number of aliphatic hydroxyl groups excluding tert-OH is 1. The minimum absolute atomic E-state index is 0.00549. The molecule has 0 aliphatic rings. The number of anilines is 1. The summed E-state index contributed by atoms with van der Waals surface area (Å²) in [6.45, 7) is -0.226. The first-order chi connectivity index (χ1) is 15.0. The van der Waals surface area contributed by atoms with Gasteiger partial charge in [0.2, 0.25) is 5.88 Å². The Morgan fingerprint density at radius 2 is 1.71 bits per heavy atom. The van der Waals surface area contributed by atoms with Gasteiger partial charge in [0.1, 0.15) is 12.9 Å². The van der Waals surface area contributed by atoms with Crippen molar-refractivity contribution in [3.05, 3.63) is 78.1 Å². The maximum atomic E-state index is 13.1. The van der Waals surface area contributed by atoms with Gasteiger partial charge >= 0.3 is 0 Å². The van der Waals surface area contributed by atoms with Crippen LogP contribution in [0.15, 0.2) is 78.0 Å². The molecular weight excluding hydrogens is 438 g/mol.